The molecule has 28 heavy (non-hydrogen) atoms. The molecule has 146 valence electrons. The Hall–Kier alpha value is -2.67. The monoisotopic (exact) mass is 389 g/mol. The molecule has 0 radical (unpaired) electrons. The van der Waals surface area contributed by atoms with Crippen molar-refractivity contribution in [1.29, 1.82) is 0 Å². The third-order valence-electron chi connectivity index (χ3n) is 5.24. The van der Waals surface area contributed by atoms with Crippen LogP contribution in [-0.4, -0.2) is 28.2 Å². The number of aromatic nitrogens is 2. The van der Waals surface area contributed by atoms with E-state index in [1.54, 1.807) is 12.3 Å². The highest BCUT2D eigenvalue weighted by molar-refractivity contribution is 5.65. The fraction of sp³-hybridized carbons (Fsp3) is 0.286. The maximum atomic E-state index is 14.0. The van der Waals surface area contributed by atoms with Crippen molar-refractivity contribution < 1.29 is 17.6 Å². The lowest BCUT2D eigenvalue weighted by atomic mass is 9.90. The number of H-pyrrole nitrogens is 1. The summed E-state index contributed by atoms with van der Waals surface area (Å²) >= 11 is 0. The summed E-state index contributed by atoms with van der Waals surface area (Å²) in [6, 6.07) is 8.04. The molecule has 7 heteroatoms. The van der Waals surface area contributed by atoms with Crippen molar-refractivity contribution in [3.63, 3.8) is 0 Å². The quantitative estimate of drug-likeness (QED) is 0.502. The van der Waals surface area contributed by atoms with Crippen molar-refractivity contribution in [1.82, 2.24) is 15.1 Å². The largest absolute Gasteiger partial charge is 0.298 e. The molecule has 0 amide bonds. The molecule has 1 saturated heterocycles. The Bertz CT molecular complexity index is 986. The van der Waals surface area contributed by atoms with E-state index in [9.17, 15) is 17.6 Å². The number of likely N-dealkylation sites (tertiary alicyclic amines) is 1. The summed E-state index contributed by atoms with van der Waals surface area (Å²) in [4.78, 5) is 1.91. The van der Waals surface area contributed by atoms with E-state index in [0.717, 1.165) is 41.8 Å². The first-order valence-corrected chi connectivity index (χ1v) is 9.17. The van der Waals surface area contributed by atoms with Crippen LogP contribution in [-0.2, 0) is 6.54 Å². The second-order valence-corrected chi connectivity index (χ2v) is 7.10. The number of hydrogen-bond acceptors (Lipinski definition) is 2. The number of hydrogen-bond donors (Lipinski definition) is 1. The number of piperidine rings is 1. The minimum Gasteiger partial charge on any atom is -0.298 e. The van der Waals surface area contributed by atoms with E-state index in [1.165, 1.54) is 12.1 Å². The molecule has 1 aliphatic rings. The van der Waals surface area contributed by atoms with E-state index in [2.05, 4.69) is 10.2 Å². The second-order valence-electron chi connectivity index (χ2n) is 7.10. The zero-order chi connectivity index (χ0) is 19.7. The number of rotatable bonds is 4. The lowest BCUT2D eigenvalue weighted by Gasteiger charge is -2.32. The van der Waals surface area contributed by atoms with Gasteiger partial charge in [-0.1, -0.05) is 12.1 Å². The first-order chi connectivity index (χ1) is 13.5. The Balaban J connectivity index is 1.56. The normalized spacial score (nSPS) is 17.8. The molecule has 2 heterocycles. The van der Waals surface area contributed by atoms with Gasteiger partial charge >= 0.3 is 0 Å². The van der Waals surface area contributed by atoms with Crippen LogP contribution < -0.4 is 0 Å². The molecule has 0 spiro atoms. The van der Waals surface area contributed by atoms with Gasteiger partial charge in [-0.2, -0.15) is 5.10 Å². The molecule has 0 aliphatic carbocycles. The van der Waals surface area contributed by atoms with Crippen LogP contribution in [0.15, 0.2) is 42.6 Å². The van der Waals surface area contributed by atoms with Gasteiger partial charge in [0.15, 0.2) is 11.6 Å². The highest BCUT2D eigenvalue weighted by atomic mass is 19.2. The maximum Gasteiger partial charge on any atom is 0.166 e. The molecular weight excluding hydrogens is 370 g/mol. The van der Waals surface area contributed by atoms with Gasteiger partial charge in [-0.25, -0.2) is 17.6 Å². The minimum atomic E-state index is -1.14. The Morgan fingerprint density at radius 3 is 2.71 bits per heavy atom. The average Bonchev–Trinajstić information content (AvgIpc) is 3.18. The summed E-state index contributed by atoms with van der Waals surface area (Å²) in [6.45, 7) is 1.20. The van der Waals surface area contributed by atoms with Gasteiger partial charge in [0.25, 0.3) is 0 Å². The van der Waals surface area contributed by atoms with Crippen LogP contribution in [0.3, 0.4) is 0 Å². The maximum absolute atomic E-state index is 14.0. The van der Waals surface area contributed by atoms with Crippen molar-refractivity contribution in [2.24, 2.45) is 0 Å². The highest BCUT2D eigenvalue weighted by Crippen LogP contribution is 2.34. The molecule has 0 unspecified atom stereocenters. The fourth-order valence-electron chi connectivity index (χ4n) is 3.87. The number of nitrogens with zero attached hydrogens (tertiary/aromatic N) is 2. The summed E-state index contributed by atoms with van der Waals surface area (Å²) in [5.74, 6) is -3.21. The molecule has 1 fully saturated rings. The van der Waals surface area contributed by atoms with Gasteiger partial charge < -0.3 is 0 Å². The van der Waals surface area contributed by atoms with Crippen LogP contribution in [0.4, 0.5) is 17.6 Å². The molecule has 1 aromatic heterocycles. The molecule has 0 bridgehead atoms. The predicted octanol–water partition coefficient (Wildman–Crippen LogP) is 5.01. The van der Waals surface area contributed by atoms with E-state index in [4.69, 9.17) is 0 Å². The van der Waals surface area contributed by atoms with E-state index in [-0.39, 0.29) is 23.8 Å². The van der Waals surface area contributed by atoms with Crippen LogP contribution in [0.5, 0.6) is 0 Å². The Labute approximate surface area is 160 Å². The first kappa shape index (κ1) is 18.7. The van der Waals surface area contributed by atoms with E-state index in [1.807, 2.05) is 11.0 Å². The zero-order valence-electron chi connectivity index (χ0n) is 15.1. The van der Waals surface area contributed by atoms with Crippen molar-refractivity contribution in [2.75, 3.05) is 13.1 Å². The summed E-state index contributed by atoms with van der Waals surface area (Å²) in [7, 11) is 0. The summed E-state index contributed by atoms with van der Waals surface area (Å²) in [6.07, 6.45) is 3.36. The predicted molar refractivity (Wildman–Crippen MR) is 97.5 cm³/mol. The minimum absolute atomic E-state index is 0.00460. The van der Waals surface area contributed by atoms with Crippen molar-refractivity contribution in [3.8, 4) is 11.1 Å². The Morgan fingerprint density at radius 1 is 1.07 bits per heavy atom. The summed E-state index contributed by atoms with van der Waals surface area (Å²) in [5, 5.41) is 7.12. The molecule has 2 aromatic carbocycles. The van der Waals surface area contributed by atoms with Crippen LogP contribution in [0.1, 0.15) is 30.0 Å². The van der Waals surface area contributed by atoms with E-state index in [0.29, 0.717) is 13.1 Å². The molecule has 3 nitrogen and oxygen atoms in total. The second kappa shape index (κ2) is 7.75. The number of benzene rings is 2. The van der Waals surface area contributed by atoms with Crippen LogP contribution >= 0.6 is 0 Å². The van der Waals surface area contributed by atoms with Gasteiger partial charge in [-0.15, -0.1) is 0 Å². The third kappa shape index (κ3) is 3.67. The molecule has 3 aromatic rings. The standard InChI is InChI=1S/C21H19F4N3/c22-15-5-1-3-13(9-15)16-10-26-27-21(16)14-4-2-8-28(11-14)12-17-18(23)6-7-19(24)20(17)25/h1,3,5-7,9-10,14H,2,4,8,11-12H2,(H,26,27)/t14-/m0/s1. The number of nitrogens with one attached hydrogen (secondary N) is 1. The third-order valence-corrected chi connectivity index (χ3v) is 5.24. The van der Waals surface area contributed by atoms with Crippen molar-refractivity contribution in [2.45, 2.75) is 25.3 Å². The van der Waals surface area contributed by atoms with E-state index < -0.39 is 17.5 Å². The zero-order valence-corrected chi connectivity index (χ0v) is 15.1. The summed E-state index contributed by atoms with van der Waals surface area (Å²) in [5.41, 5.74) is 2.16. The average molecular weight is 389 g/mol. The summed E-state index contributed by atoms with van der Waals surface area (Å²) < 4.78 is 55.1. The molecule has 1 atom stereocenters. The van der Waals surface area contributed by atoms with Gasteiger partial charge in [-0.3, -0.25) is 10.00 Å². The lowest BCUT2D eigenvalue weighted by molar-refractivity contribution is 0.193. The SMILES string of the molecule is Fc1cccc(-c2cn[nH]c2[C@H]2CCCN(Cc3c(F)ccc(F)c3F)C2)c1. The van der Waals surface area contributed by atoms with Gasteiger partial charge in [0.05, 0.1) is 6.20 Å². The molecule has 1 N–H and O–H groups in total. The smallest absolute Gasteiger partial charge is 0.166 e. The van der Waals surface area contributed by atoms with Crippen molar-refractivity contribution >= 4 is 0 Å². The Kier molecular flexibility index (Phi) is 5.17. The molecular formula is C21H19F4N3. The Morgan fingerprint density at radius 2 is 1.89 bits per heavy atom. The van der Waals surface area contributed by atoms with Gasteiger partial charge in [0.1, 0.15) is 11.6 Å². The van der Waals surface area contributed by atoms with Crippen LogP contribution in [0, 0.1) is 23.3 Å². The molecule has 1 aliphatic heterocycles. The first-order valence-electron chi connectivity index (χ1n) is 9.17. The van der Waals surface area contributed by atoms with Crippen molar-refractivity contribution in [3.05, 3.63) is 77.1 Å². The van der Waals surface area contributed by atoms with Crippen LogP contribution in [0.2, 0.25) is 0 Å². The van der Waals surface area contributed by atoms with Crippen LogP contribution in [0.25, 0.3) is 11.1 Å². The molecule has 4 rings (SSSR count). The van der Waals surface area contributed by atoms with Gasteiger partial charge in [0, 0.05) is 35.8 Å². The van der Waals surface area contributed by atoms with Gasteiger partial charge in [-0.05, 0) is 49.2 Å². The molecule has 0 saturated carbocycles. The number of halogens is 4. The highest BCUT2D eigenvalue weighted by Gasteiger charge is 2.27. The fourth-order valence-corrected chi connectivity index (χ4v) is 3.87. The van der Waals surface area contributed by atoms with Gasteiger partial charge in [0.2, 0.25) is 0 Å². The topological polar surface area (TPSA) is 31.9 Å². The number of aromatic amines is 1. The lowest BCUT2D eigenvalue weighted by Crippen LogP contribution is -2.34. The van der Waals surface area contributed by atoms with E-state index >= 15 is 0 Å².